The van der Waals surface area contributed by atoms with Crippen LogP contribution in [0, 0.1) is 5.82 Å². The average molecular weight is 389 g/mol. The van der Waals surface area contributed by atoms with E-state index in [1.54, 1.807) is 29.0 Å². The van der Waals surface area contributed by atoms with Crippen molar-refractivity contribution in [3.05, 3.63) is 88.4 Å². The van der Waals surface area contributed by atoms with Crippen molar-refractivity contribution < 1.29 is 9.13 Å². The lowest BCUT2D eigenvalue weighted by Crippen LogP contribution is -2.16. The number of H-pyrrole nitrogens is 1. The van der Waals surface area contributed by atoms with E-state index in [4.69, 9.17) is 4.74 Å². The minimum atomic E-state index is -0.287. The highest BCUT2D eigenvalue weighted by Gasteiger charge is 2.22. The van der Waals surface area contributed by atoms with Gasteiger partial charge in [0.15, 0.2) is 0 Å². The normalized spacial score (nSPS) is 14.1. The number of nitrogens with zero attached hydrogens (tertiary/aromatic N) is 2. The van der Waals surface area contributed by atoms with Gasteiger partial charge in [0.05, 0.1) is 16.7 Å². The van der Waals surface area contributed by atoms with Crippen LogP contribution >= 0.6 is 0 Å². The molecule has 0 bridgehead atoms. The Balaban J connectivity index is 1.36. The molecule has 1 aliphatic carbocycles. The number of hydrogen-bond acceptors (Lipinski definition) is 3. The van der Waals surface area contributed by atoms with Crippen LogP contribution in [-0.4, -0.2) is 14.5 Å². The lowest BCUT2D eigenvalue weighted by atomic mass is 9.85. The Morgan fingerprint density at radius 1 is 1.10 bits per heavy atom. The van der Waals surface area contributed by atoms with Gasteiger partial charge in [-0.25, -0.2) is 9.37 Å². The molecule has 2 aromatic heterocycles. The Hall–Kier alpha value is -3.41. The van der Waals surface area contributed by atoms with E-state index in [1.807, 2.05) is 18.2 Å². The van der Waals surface area contributed by atoms with Gasteiger partial charge in [0.2, 0.25) is 0 Å². The molecule has 0 saturated heterocycles. The minimum absolute atomic E-state index is 0.181. The first-order chi connectivity index (χ1) is 14.2. The molecule has 5 nitrogen and oxygen atoms in total. The molecule has 0 spiro atoms. The molecule has 0 aliphatic heterocycles. The molecule has 146 valence electrons. The summed E-state index contributed by atoms with van der Waals surface area (Å²) in [7, 11) is 0. The number of fused-ring (bicyclic) bond motifs is 1. The maximum Gasteiger partial charge on any atom is 0.258 e. The molecule has 1 aliphatic rings. The summed E-state index contributed by atoms with van der Waals surface area (Å²) in [5, 5.41) is 0. The third-order valence-corrected chi connectivity index (χ3v) is 5.46. The molecule has 5 rings (SSSR count). The van der Waals surface area contributed by atoms with Crippen molar-refractivity contribution in [2.24, 2.45) is 0 Å². The zero-order valence-electron chi connectivity index (χ0n) is 15.8. The van der Waals surface area contributed by atoms with Gasteiger partial charge in [0, 0.05) is 18.2 Å². The van der Waals surface area contributed by atoms with Gasteiger partial charge in [-0.2, -0.15) is 0 Å². The largest absolute Gasteiger partial charge is 0.489 e. The van der Waals surface area contributed by atoms with Crippen LogP contribution in [0.5, 0.6) is 5.75 Å². The van der Waals surface area contributed by atoms with Gasteiger partial charge >= 0.3 is 0 Å². The number of aromatic nitrogens is 3. The number of rotatable bonds is 5. The number of hydrogen-bond donors (Lipinski definition) is 1. The molecule has 1 fully saturated rings. The zero-order chi connectivity index (χ0) is 19.8. The monoisotopic (exact) mass is 389 g/mol. The van der Waals surface area contributed by atoms with Crippen LogP contribution in [0.3, 0.4) is 0 Å². The fraction of sp³-hybridized carbons (Fsp3) is 0.217. The second-order valence-corrected chi connectivity index (χ2v) is 7.44. The number of nitrogens with one attached hydrogen (secondary N) is 1. The predicted molar refractivity (Wildman–Crippen MR) is 109 cm³/mol. The standard InChI is InChI=1S/C23H20FN3O2/c24-17-6-4-15(5-7-17)14-29-19-10-11-27(22(28)13-19)18-8-9-20-21(12-18)26-23(25-20)16-2-1-3-16/h4-13,16H,1-3,14H2,(H,25,26). The maximum absolute atomic E-state index is 13.0. The van der Waals surface area contributed by atoms with E-state index < -0.39 is 0 Å². The number of benzene rings is 2. The lowest BCUT2D eigenvalue weighted by Gasteiger charge is -2.22. The summed E-state index contributed by atoms with van der Waals surface area (Å²) >= 11 is 0. The molecule has 2 aromatic carbocycles. The first-order valence-electron chi connectivity index (χ1n) is 9.76. The van der Waals surface area contributed by atoms with Crippen LogP contribution in [0.15, 0.2) is 65.6 Å². The Morgan fingerprint density at radius 2 is 1.93 bits per heavy atom. The number of aromatic amines is 1. The summed E-state index contributed by atoms with van der Waals surface area (Å²) in [6.07, 6.45) is 5.34. The zero-order valence-corrected chi connectivity index (χ0v) is 15.8. The van der Waals surface area contributed by atoms with Gasteiger partial charge in [-0.05, 0) is 54.8 Å². The second kappa shape index (κ2) is 7.20. The van der Waals surface area contributed by atoms with E-state index >= 15 is 0 Å². The van der Waals surface area contributed by atoms with Gasteiger partial charge in [-0.3, -0.25) is 9.36 Å². The summed E-state index contributed by atoms with van der Waals surface area (Å²) in [5.74, 6) is 1.77. The number of halogens is 1. The van der Waals surface area contributed by atoms with Crippen LogP contribution in [0.25, 0.3) is 16.7 Å². The van der Waals surface area contributed by atoms with Crippen molar-refractivity contribution in [1.29, 1.82) is 0 Å². The summed E-state index contributed by atoms with van der Waals surface area (Å²) in [5.41, 5.74) is 3.29. The van der Waals surface area contributed by atoms with Crippen LogP contribution in [-0.2, 0) is 6.61 Å². The van der Waals surface area contributed by atoms with Crippen LogP contribution in [0.1, 0.15) is 36.6 Å². The van der Waals surface area contributed by atoms with Crippen LogP contribution < -0.4 is 10.3 Å². The van der Waals surface area contributed by atoms with Gasteiger partial charge in [0.1, 0.15) is 24.0 Å². The average Bonchev–Trinajstić information content (AvgIpc) is 3.08. The van der Waals surface area contributed by atoms with E-state index in [0.29, 0.717) is 11.7 Å². The third kappa shape index (κ3) is 3.53. The highest BCUT2D eigenvalue weighted by molar-refractivity contribution is 5.77. The highest BCUT2D eigenvalue weighted by atomic mass is 19.1. The summed E-state index contributed by atoms with van der Waals surface area (Å²) in [4.78, 5) is 20.7. The first-order valence-corrected chi connectivity index (χ1v) is 9.76. The Labute approximate surface area is 166 Å². The van der Waals surface area contributed by atoms with E-state index in [1.165, 1.54) is 37.5 Å². The molecular weight excluding hydrogens is 369 g/mol. The molecule has 6 heteroatoms. The van der Waals surface area contributed by atoms with Crippen molar-refractivity contribution in [1.82, 2.24) is 14.5 Å². The van der Waals surface area contributed by atoms with E-state index in [-0.39, 0.29) is 18.0 Å². The smallest absolute Gasteiger partial charge is 0.258 e. The molecule has 4 aromatic rings. The third-order valence-electron chi connectivity index (χ3n) is 5.46. The Bertz CT molecular complexity index is 1220. The molecule has 0 radical (unpaired) electrons. The van der Waals surface area contributed by atoms with E-state index in [2.05, 4.69) is 9.97 Å². The predicted octanol–water partition coefficient (Wildman–Crippen LogP) is 4.70. The fourth-order valence-electron chi connectivity index (χ4n) is 3.55. The lowest BCUT2D eigenvalue weighted by molar-refractivity contribution is 0.305. The van der Waals surface area contributed by atoms with Crippen molar-refractivity contribution in [2.45, 2.75) is 31.8 Å². The Morgan fingerprint density at radius 3 is 2.66 bits per heavy atom. The van der Waals surface area contributed by atoms with Crippen molar-refractivity contribution in [3.8, 4) is 11.4 Å². The SMILES string of the molecule is O=c1cc(OCc2ccc(F)cc2)ccn1-c1ccc2nc(C3CCC3)[nH]c2c1. The van der Waals surface area contributed by atoms with Crippen LogP contribution in [0.2, 0.25) is 0 Å². The second-order valence-electron chi connectivity index (χ2n) is 7.44. The van der Waals surface area contributed by atoms with Crippen molar-refractivity contribution in [2.75, 3.05) is 0 Å². The highest BCUT2D eigenvalue weighted by Crippen LogP contribution is 2.35. The minimum Gasteiger partial charge on any atom is -0.489 e. The molecule has 1 N–H and O–H groups in total. The van der Waals surface area contributed by atoms with E-state index in [0.717, 1.165) is 28.1 Å². The van der Waals surface area contributed by atoms with Crippen LogP contribution in [0.4, 0.5) is 4.39 Å². The maximum atomic E-state index is 13.0. The van der Waals surface area contributed by atoms with Crippen molar-refractivity contribution in [3.63, 3.8) is 0 Å². The Kier molecular flexibility index (Phi) is 4.39. The van der Waals surface area contributed by atoms with Gasteiger partial charge < -0.3 is 9.72 Å². The number of ether oxygens (including phenoxy) is 1. The van der Waals surface area contributed by atoms with Gasteiger partial charge in [0.25, 0.3) is 5.56 Å². The topological polar surface area (TPSA) is 59.9 Å². The molecule has 2 heterocycles. The number of imidazole rings is 1. The molecular formula is C23H20FN3O2. The van der Waals surface area contributed by atoms with E-state index in [9.17, 15) is 9.18 Å². The summed E-state index contributed by atoms with van der Waals surface area (Å²) in [6.45, 7) is 0.272. The summed E-state index contributed by atoms with van der Waals surface area (Å²) < 4.78 is 20.2. The quantitative estimate of drug-likeness (QED) is 0.538. The van der Waals surface area contributed by atoms with Gasteiger partial charge in [-0.15, -0.1) is 0 Å². The molecule has 29 heavy (non-hydrogen) atoms. The fourth-order valence-corrected chi connectivity index (χ4v) is 3.55. The van der Waals surface area contributed by atoms with Crippen molar-refractivity contribution >= 4 is 11.0 Å². The number of pyridine rings is 1. The molecule has 1 saturated carbocycles. The van der Waals surface area contributed by atoms with Gasteiger partial charge in [-0.1, -0.05) is 18.6 Å². The first kappa shape index (κ1) is 17.7. The molecule has 0 unspecified atom stereocenters. The molecule has 0 atom stereocenters. The summed E-state index contributed by atoms with van der Waals surface area (Å²) in [6, 6.07) is 15.1. The molecule has 0 amide bonds.